The van der Waals surface area contributed by atoms with Gasteiger partial charge >= 0.3 is 34.8 Å². The molecule has 0 rings (SSSR count). The molecule has 50 valence electrons. The summed E-state index contributed by atoms with van der Waals surface area (Å²) in [5.41, 5.74) is 0. The zero-order valence-electron chi connectivity index (χ0n) is 2.62. The molecule has 0 radical (unpaired) electrons. The molecule has 0 saturated heterocycles. The van der Waals surface area contributed by atoms with Crippen LogP contribution in [0.5, 0.6) is 0 Å². The Labute approximate surface area is 35.8 Å². The van der Waals surface area contributed by atoms with Crippen LogP contribution in [0.4, 0.5) is 21.3 Å². The van der Waals surface area contributed by atoms with Crippen molar-refractivity contribution in [3.8, 4) is 0 Å². The standard InChI is InChI=1S/6FH.Fe/h6*1H;/q;;;;;;+6/p-6. The molecular weight excluding hydrogens is 170 g/mol. The minimum absolute atomic E-state index is 9.88. The Morgan fingerprint density at radius 1 is 0.571 bits per heavy atom. The molecule has 0 nitrogen and oxygen atoms in total. The Hall–Kier alpha value is 0.0995. The average molecular weight is 170 g/mol. The van der Waals surface area contributed by atoms with E-state index >= 15 is 0 Å². The van der Waals surface area contributed by atoms with Gasteiger partial charge in [0.15, 0.2) is 0 Å². The van der Waals surface area contributed by atoms with E-state index in [-0.39, 0.29) is 0 Å². The van der Waals surface area contributed by atoms with Gasteiger partial charge in [0.2, 0.25) is 0 Å². The molecule has 0 heterocycles. The Balaban J connectivity index is 4.43. The van der Waals surface area contributed by atoms with Crippen LogP contribution in [0.25, 0.3) is 0 Å². The summed E-state index contributed by atoms with van der Waals surface area (Å²) in [6, 6.07) is 0. The fourth-order valence-corrected chi connectivity index (χ4v) is 0. The van der Waals surface area contributed by atoms with Crippen LogP contribution in [0, 0.1) is 0 Å². The summed E-state index contributed by atoms with van der Waals surface area (Å²) in [5.74, 6) is 0. The van der Waals surface area contributed by atoms with Gasteiger partial charge in [-0.25, -0.2) is 0 Å². The van der Waals surface area contributed by atoms with Crippen LogP contribution in [0.3, 0.4) is 0 Å². The maximum absolute atomic E-state index is 10.8. The molecule has 0 fully saturated rings. The molecule has 7 heavy (non-hydrogen) atoms. The zero-order valence-corrected chi connectivity index (χ0v) is 3.73. The van der Waals surface area contributed by atoms with Crippen molar-refractivity contribution < 1.29 is 34.8 Å². The first-order valence-electron chi connectivity index (χ1n) is 0.802. The van der Waals surface area contributed by atoms with Crippen LogP contribution in [-0.2, 0) is 13.5 Å². The summed E-state index contributed by atoms with van der Waals surface area (Å²) in [7, 11) is 0. The van der Waals surface area contributed by atoms with Crippen molar-refractivity contribution in [3.05, 3.63) is 0 Å². The fourth-order valence-electron chi connectivity index (χ4n) is 0. The summed E-state index contributed by atoms with van der Waals surface area (Å²) < 4.78 is 59.2. The third-order valence-electron chi connectivity index (χ3n) is 0. The number of rotatable bonds is 0. The summed E-state index contributed by atoms with van der Waals surface area (Å²) in [5, 5.41) is 0. The van der Waals surface area contributed by atoms with E-state index in [1.807, 2.05) is 0 Å². The van der Waals surface area contributed by atoms with Gasteiger partial charge in [-0.2, -0.15) is 0 Å². The zero-order chi connectivity index (χ0) is 6.41. The summed E-state index contributed by atoms with van der Waals surface area (Å²) >= 11 is -10.8. The van der Waals surface area contributed by atoms with Crippen LogP contribution in [0.15, 0.2) is 0 Å². The van der Waals surface area contributed by atoms with Gasteiger partial charge in [-0.1, -0.05) is 0 Å². The second-order valence-corrected chi connectivity index (χ2v) is 3.12. The molecule has 0 aliphatic heterocycles. The van der Waals surface area contributed by atoms with E-state index in [0.717, 1.165) is 0 Å². The van der Waals surface area contributed by atoms with Gasteiger partial charge in [-0.3, -0.25) is 0 Å². The minimum atomic E-state index is -10.8. The van der Waals surface area contributed by atoms with Crippen molar-refractivity contribution in [1.29, 1.82) is 0 Å². The molecule has 0 aromatic heterocycles. The van der Waals surface area contributed by atoms with E-state index < -0.39 is 13.5 Å². The molecule has 0 saturated carbocycles. The molecule has 0 N–H and O–H groups in total. The van der Waals surface area contributed by atoms with Gasteiger partial charge in [0.05, 0.1) is 0 Å². The van der Waals surface area contributed by atoms with Crippen molar-refractivity contribution in [2.75, 3.05) is 0 Å². The van der Waals surface area contributed by atoms with Crippen LogP contribution >= 0.6 is 0 Å². The van der Waals surface area contributed by atoms with E-state index in [2.05, 4.69) is 0 Å². The maximum atomic E-state index is 9.88. The molecule has 0 aromatic carbocycles. The first-order valence-corrected chi connectivity index (χ1v) is 3.31. The normalized spacial score (nSPS) is 23.1. The molecule has 0 unspecified atom stereocenters. The molecule has 0 spiro atoms. The van der Waals surface area contributed by atoms with E-state index in [1.54, 1.807) is 0 Å². The van der Waals surface area contributed by atoms with Gasteiger partial charge < -0.3 is 0 Å². The molecule has 0 atom stereocenters. The molecule has 7 heteroatoms. The van der Waals surface area contributed by atoms with Crippen molar-refractivity contribution in [2.45, 2.75) is 0 Å². The predicted molar refractivity (Wildman–Crippen MR) is 6.65 cm³/mol. The number of hydrogen-bond donors (Lipinski definition) is 0. The Bertz CT molecular complexity index is 62.7. The SMILES string of the molecule is [F][Fe]([F])([F])([F])([F])[F]. The van der Waals surface area contributed by atoms with E-state index in [1.165, 1.54) is 0 Å². The van der Waals surface area contributed by atoms with Crippen molar-refractivity contribution in [3.63, 3.8) is 0 Å². The second kappa shape index (κ2) is 0.696. The monoisotopic (exact) mass is 170 g/mol. The van der Waals surface area contributed by atoms with Crippen LogP contribution in [-0.4, -0.2) is 0 Å². The van der Waals surface area contributed by atoms with Crippen molar-refractivity contribution >= 4 is 0 Å². The molecular formula is F6Fe. The molecule has 0 aliphatic carbocycles. The van der Waals surface area contributed by atoms with E-state index in [0.29, 0.717) is 0 Å². The van der Waals surface area contributed by atoms with Gasteiger partial charge in [0, 0.05) is 0 Å². The van der Waals surface area contributed by atoms with Crippen LogP contribution in [0.1, 0.15) is 0 Å². The van der Waals surface area contributed by atoms with E-state index in [9.17, 15) is 21.3 Å². The average Bonchev–Trinajstić information content (AvgIpc) is 0.592. The topological polar surface area (TPSA) is 0 Å². The first kappa shape index (κ1) is 7.10. The Morgan fingerprint density at radius 2 is 0.571 bits per heavy atom. The quantitative estimate of drug-likeness (QED) is 0.386. The second-order valence-electron chi connectivity index (χ2n) is 0.758. The molecule has 0 aliphatic rings. The van der Waals surface area contributed by atoms with Gasteiger partial charge in [0.25, 0.3) is 0 Å². The van der Waals surface area contributed by atoms with Crippen LogP contribution in [0.2, 0.25) is 0 Å². The number of halogens is 6. The Kier molecular flexibility index (Phi) is 0.706. The van der Waals surface area contributed by atoms with Gasteiger partial charge in [0.1, 0.15) is 0 Å². The van der Waals surface area contributed by atoms with Gasteiger partial charge in [-0.15, -0.1) is 0 Å². The third kappa shape index (κ3) is 10400. The molecule has 0 amide bonds. The van der Waals surface area contributed by atoms with Crippen molar-refractivity contribution in [1.82, 2.24) is 0 Å². The summed E-state index contributed by atoms with van der Waals surface area (Å²) in [6.07, 6.45) is 0. The fraction of sp³-hybridized carbons (Fsp3) is 0. The van der Waals surface area contributed by atoms with Gasteiger partial charge in [-0.05, 0) is 0 Å². The number of hydrogen-bond acceptors (Lipinski definition) is 0. The predicted octanol–water partition coefficient (Wildman–Crippen LogP) is 2.52. The first-order chi connectivity index (χ1) is 2.45. The Morgan fingerprint density at radius 3 is 0.571 bits per heavy atom. The summed E-state index contributed by atoms with van der Waals surface area (Å²) in [6.45, 7) is 0. The summed E-state index contributed by atoms with van der Waals surface area (Å²) in [4.78, 5) is 0. The van der Waals surface area contributed by atoms with Crippen LogP contribution < -0.4 is 0 Å². The van der Waals surface area contributed by atoms with E-state index in [4.69, 9.17) is 0 Å². The third-order valence-corrected chi connectivity index (χ3v) is 0. The molecule has 0 aromatic rings. The molecule has 0 bridgehead atoms. The van der Waals surface area contributed by atoms with Crippen molar-refractivity contribution in [2.24, 2.45) is 0 Å².